The Morgan fingerprint density at radius 3 is 2.75 bits per heavy atom. The fourth-order valence-corrected chi connectivity index (χ4v) is 2.02. The Hall–Kier alpha value is -2.62. The van der Waals surface area contributed by atoms with Crippen LogP contribution in [0.1, 0.15) is 0 Å². The van der Waals surface area contributed by atoms with Crippen molar-refractivity contribution in [2.75, 3.05) is 11.8 Å². The smallest absolute Gasteiger partial charge is 0.422 e. The fourth-order valence-electron chi connectivity index (χ4n) is 1.35. The van der Waals surface area contributed by atoms with Crippen LogP contribution >= 0.6 is 0 Å². The average Bonchev–Trinajstić information content (AvgIpc) is 2.37. The van der Waals surface area contributed by atoms with Gasteiger partial charge in [0.2, 0.25) is 0 Å². The first-order valence-corrected chi connectivity index (χ1v) is 6.68. The van der Waals surface area contributed by atoms with E-state index in [1.807, 2.05) is 0 Å². The summed E-state index contributed by atoms with van der Waals surface area (Å²) in [5.41, 5.74) is -0.508. The van der Waals surface area contributed by atoms with E-state index in [1.54, 1.807) is 16.9 Å². The maximum absolute atomic E-state index is 11.6. The van der Waals surface area contributed by atoms with Crippen molar-refractivity contribution in [3.05, 3.63) is 34.6 Å². The Kier molecular flexibility index (Phi) is 3.57. The minimum atomic E-state index is -4.30. The predicted molar refractivity (Wildman–Crippen MR) is 68.4 cm³/mol. The summed E-state index contributed by atoms with van der Waals surface area (Å²) >= 11 is 0. The lowest BCUT2D eigenvalue weighted by Gasteiger charge is -2.06. The molecule has 1 aromatic carbocycles. The Labute approximate surface area is 112 Å². The number of benzene rings is 1. The number of hydrogen-bond acceptors (Lipinski definition) is 7. The molecule has 0 radical (unpaired) electrons. The molecule has 0 saturated heterocycles. The highest BCUT2D eigenvalue weighted by molar-refractivity contribution is 7.91. The summed E-state index contributed by atoms with van der Waals surface area (Å²) in [5, 5.41) is 0.205. The van der Waals surface area contributed by atoms with Crippen molar-refractivity contribution in [2.24, 2.45) is 0 Å². The molecule has 0 saturated carbocycles. The minimum Gasteiger partial charge on any atom is -0.452 e. The number of fused-ring (bicyclic) bond motifs is 1. The van der Waals surface area contributed by atoms with Crippen molar-refractivity contribution in [1.29, 1.82) is 0 Å². The standard InChI is InChI=1S/C10H9N3O6S/c1-18-10(15)13-20(16,17)12-9-11-8(14)6-4-2-3-5-7(6)19-9/h2-5H,1H3,(H,13,15)(H,11,12,14). The second-order valence-corrected chi connectivity index (χ2v) is 4.93. The predicted octanol–water partition coefficient (Wildman–Crippen LogP) is 0.201. The van der Waals surface area contributed by atoms with Crippen LogP contribution in [0, 0.1) is 0 Å². The van der Waals surface area contributed by atoms with E-state index < -0.39 is 27.9 Å². The molecule has 2 N–H and O–H groups in total. The molecule has 1 heterocycles. The molecule has 9 nitrogen and oxygen atoms in total. The highest BCUT2D eigenvalue weighted by Gasteiger charge is 2.17. The van der Waals surface area contributed by atoms with Gasteiger partial charge in [-0.15, -0.1) is 0 Å². The van der Waals surface area contributed by atoms with Gasteiger partial charge in [-0.05, 0) is 12.1 Å². The van der Waals surface area contributed by atoms with Gasteiger partial charge in [0.05, 0.1) is 12.5 Å². The number of methoxy groups -OCH3 is 1. The van der Waals surface area contributed by atoms with Crippen LogP contribution in [0.15, 0.2) is 33.5 Å². The van der Waals surface area contributed by atoms with E-state index in [2.05, 4.69) is 9.72 Å². The van der Waals surface area contributed by atoms with Crippen molar-refractivity contribution in [2.45, 2.75) is 0 Å². The van der Waals surface area contributed by atoms with Gasteiger partial charge >= 0.3 is 22.3 Å². The third-order valence-electron chi connectivity index (χ3n) is 2.15. The van der Waals surface area contributed by atoms with Gasteiger partial charge in [-0.2, -0.15) is 13.4 Å². The van der Waals surface area contributed by atoms with Gasteiger partial charge in [0.15, 0.2) is 0 Å². The number of rotatable bonds is 3. The molecule has 2 aromatic rings. The van der Waals surface area contributed by atoms with Gasteiger partial charge in [-0.1, -0.05) is 12.1 Å². The Balaban J connectivity index is 2.35. The Bertz CT molecular complexity index is 813. The molecule has 0 unspecified atom stereocenters. The molecule has 0 aliphatic rings. The molecule has 0 bridgehead atoms. The minimum absolute atomic E-state index is 0.156. The van der Waals surface area contributed by atoms with Crippen molar-refractivity contribution < 1.29 is 22.4 Å². The van der Waals surface area contributed by atoms with Gasteiger partial charge in [0, 0.05) is 0 Å². The van der Waals surface area contributed by atoms with E-state index in [-0.39, 0.29) is 11.0 Å². The lowest BCUT2D eigenvalue weighted by Crippen LogP contribution is -2.35. The largest absolute Gasteiger partial charge is 0.452 e. The van der Waals surface area contributed by atoms with Gasteiger partial charge in [-0.3, -0.25) is 4.79 Å². The van der Waals surface area contributed by atoms with Crippen molar-refractivity contribution in [3.63, 3.8) is 0 Å². The van der Waals surface area contributed by atoms with Crippen LogP contribution in [0.5, 0.6) is 0 Å². The van der Waals surface area contributed by atoms with Gasteiger partial charge in [0.25, 0.3) is 5.56 Å². The second kappa shape index (κ2) is 5.17. The van der Waals surface area contributed by atoms with E-state index in [1.165, 1.54) is 16.9 Å². The summed E-state index contributed by atoms with van der Waals surface area (Å²) in [6.45, 7) is 0. The maximum Gasteiger partial charge on any atom is 0.422 e. The molecule has 106 valence electrons. The molecule has 1 amide bonds. The Morgan fingerprint density at radius 2 is 2.05 bits per heavy atom. The molecule has 10 heteroatoms. The van der Waals surface area contributed by atoms with Gasteiger partial charge in [0.1, 0.15) is 5.58 Å². The molecule has 0 aliphatic heterocycles. The van der Waals surface area contributed by atoms with Crippen LogP contribution in [-0.4, -0.2) is 26.6 Å². The zero-order valence-electron chi connectivity index (χ0n) is 10.1. The number of para-hydroxylation sites is 1. The third kappa shape index (κ3) is 3.03. The molecular weight excluding hydrogens is 290 g/mol. The van der Waals surface area contributed by atoms with Crippen molar-refractivity contribution in [3.8, 4) is 0 Å². The Morgan fingerprint density at radius 1 is 1.35 bits per heavy atom. The molecule has 2 rings (SSSR count). The summed E-state index contributed by atoms with van der Waals surface area (Å²) in [4.78, 5) is 25.9. The number of anilines is 1. The summed E-state index contributed by atoms with van der Waals surface area (Å²) < 4.78 is 35.5. The van der Waals surface area contributed by atoms with E-state index in [0.29, 0.717) is 0 Å². The molecule has 20 heavy (non-hydrogen) atoms. The molecule has 0 atom stereocenters. The summed E-state index contributed by atoms with van der Waals surface area (Å²) in [7, 11) is -3.30. The molecular formula is C10H9N3O6S. The maximum atomic E-state index is 11.6. The molecule has 0 fully saturated rings. The zero-order valence-corrected chi connectivity index (χ0v) is 10.9. The topological polar surface area (TPSA) is 128 Å². The lowest BCUT2D eigenvalue weighted by molar-refractivity contribution is 0.177. The van der Waals surface area contributed by atoms with Crippen molar-refractivity contribution >= 4 is 33.3 Å². The lowest BCUT2D eigenvalue weighted by atomic mass is 10.3. The van der Waals surface area contributed by atoms with Crippen LogP contribution < -0.4 is 15.0 Å². The summed E-state index contributed by atoms with van der Waals surface area (Å²) in [6, 6.07) is 5.62. The normalized spacial score (nSPS) is 11.1. The van der Waals surface area contributed by atoms with E-state index in [4.69, 9.17) is 4.42 Å². The first kappa shape index (κ1) is 13.8. The molecule has 0 spiro atoms. The van der Waals surface area contributed by atoms with Crippen LogP contribution in [0.3, 0.4) is 0 Å². The fraction of sp³-hybridized carbons (Fsp3) is 0.100. The SMILES string of the molecule is COC(=O)NS(=O)(=O)Nc1nc(=O)c2ccccc2o1. The number of carbonyl (C=O) groups excluding carboxylic acids is 1. The number of hydrogen-bond donors (Lipinski definition) is 2. The number of aromatic nitrogens is 1. The summed E-state index contributed by atoms with van der Waals surface area (Å²) in [5.74, 6) is 0. The number of nitrogens with one attached hydrogen (secondary N) is 2. The highest BCUT2D eigenvalue weighted by atomic mass is 32.2. The van der Waals surface area contributed by atoms with Crippen LogP contribution in [-0.2, 0) is 14.9 Å². The monoisotopic (exact) mass is 299 g/mol. The van der Waals surface area contributed by atoms with E-state index in [9.17, 15) is 18.0 Å². The first-order valence-electron chi connectivity index (χ1n) is 5.20. The number of amides is 1. The summed E-state index contributed by atoms with van der Waals surface area (Å²) in [6.07, 6.45) is -1.19. The number of carbonyl (C=O) groups is 1. The quantitative estimate of drug-likeness (QED) is 0.828. The van der Waals surface area contributed by atoms with Crippen LogP contribution in [0.2, 0.25) is 0 Å². The first-order chi connectivity index (χ1) is 9.41. The van der Waals surface area contributed by atoms with Gasteiger partial charge in [-0.25, -0.2) is 14.2 Å². The zero-order chi connectivity index (χ0) is 14.8. The average molecular weight is 299 g/mol. The number of nitrogens with zero attached hydrogens (tertiary/aromatic N) is 1. The van der Waals surface area contributed by atoms with Crippen LogP contribution in [0.4, 0.5) is 10.8 Å². The highest BCUT2D eigenvalue weighted by Crippen LogP contribution is 2.13. The van der Waals surface area contributed by atoms with E-state index >= 15 is 0 Å². The van der Waals surface area contributed by atoms with E-state index in [0.717, 1.165) is 7.11 Å². The van der Waals surface area contributed by atoms with Crippen LogP contribution in [0.25, 0.3) is 11.0 Å². The molecule has 0 aliphatic carbocycles. The third-order valence-corrected chi connectivity index (χ3v) is 3.03. The second-order valence-electron chi connectivity index (χ2n) is 3.52. The van der Waals surface area contributed by atoms with Gasteiger partial charge < -0.3 is 9.15 Å². The number of ether oxygens (including phenoxy) is 1. The molecule has 1 aromatic heterocycles. The van der Waals surface area contributed by atoms with Crippen molar-refractivity contribution in [1.82, 2.24) is 9.71 Å².